The van der Waals surface area contributed by atoms with Crippen LogP contribution in [-0.2, 0) is 18.3 Å². The molecule has 3 heterocycles. The fraction of sp³-hybridized carbons (Fsp3) is 0.375. The first-order chi connectivity index (χ1) is 13.2. The van der Waals surface area contributed by atoms with Crippen LogP contribution in [0.4, 0.5) is 18.0 Å². The molecule has 0 saturated heterocycles. The number of hydrogen-bond acceptors (Lipinski definition) is 6. The Morgan fingerprint density at radius 1 is 1.18 bits per heavy atom. The van der Waals surface area contributed by atoms with Crippen LogP contribution in [0.1, 0.15) is 30.9 Å². The van der Waals surface area contributed by atoms with Gasteiger partial charge < -0.3 is 0 Å². The minimum Gasteiger partial charge on any atom is -0.257 e. The van der Waals surface area contributed by atoms with Gasteiger partial charge in [0.25, 0.3) is 0 Å². The molecule has 0 aliphatic heterocycles. The second kappa shape index (κ2) is 6.11. The summed E-state index contributed by atoms with van der Waals surface area (Å²) in [7, 11) is 0. The number of nitrogens with one attached hydrogen (secondary N) is 1. The van der Waals surface area contributed by atoms with E-state index in [1.807, 2.05) is 0 Å². The highest BCUT2D eigenvalue weighted by Crippen LogP contribution is 2.40. The van der Waals surface area contributed by atoms with Crippen LogP contribution < -0.4 is 5.43 Å². The second-order valence-corrected chi connectivity index (χ2v) is 6.86. The van der Waals surface area contributed by atoms with E-state index in [4.69, 9.17) is 0 Å². The number of carbonyl (C=O) groups excluding carboxylic acids is 1. The number of nitrogens with zero attached hydrogens (tertiary/aromatic N) is 7. The minimum atomic E-state index is -4.50. The molecule has 0 atom stereocenters. The van der Waals surface area contributed by atoms with Crippen LogP contribution in [0.15, 0.2) is 24.9 Å². The van der Waals surface area contributed by atoms with Crippen molar-refractivity contribution in [2.24, 2.45) is 0 Å². The molecule has 0 radical (unpaired) electrons. The fourth-order valence-electron chi connectivity index (χ4n) is 2.74. The summed E-state index contributed by atoms with van der Waals surface area (Å²) in [6.45, 7) is 2.06. The molecule has 9 nitrogen and oxygen atoms in total. The zero-order valence-electron chi connectivity index (χ0n) is 14.9. The Balaban J connectivity index is 1.69. The monoisotopic (exact) mass is 392 g/mol. The molecule has 12 heteroatoms. The normalized spacial score (nSPS) is 13.8. The molecule has 4 rings (SSSR count). The van der Waals surface area contributed by atoms with Gasteiger partial charge in [0.2, 0.25) is 0 Å². The Kier molecular flexibility index (Phi) is 3.94. The maximum Gasteiger partial charge on any atom is 0.400 e. The molecular formula is C16H15F3N8O. The molecule has 1 aliphatic rings. The summed E-state index contributed by atoms with van der Waals surface area (Å²) in [5, 5.41) is 8.39. The quantitative estimate of drug-likeness (QED) is 0.716. The summed E-state index contributed by atoms with van der Waals surface area (Å²) in [6.07, 6.45) is 2.13. The average Bonchev–Trinajstić information content (AvgIpc) is 3.29. The van der Waals surface area contributed by atoms with E-state index in [2.05, 4.69) is 30.6 Å². The average molecular weight is 392 g/mol. The smallest absolute Gasteiger partial charge is 0.257 e. The van der Waals surface area contributed by atoms with Crippen LogP contribution in [0.2, 0.25) is 0 Å². The van der Waals surface area contributed by atoms with Crippen molar-refractivity contribution in [2.75, 3.05) is 5.43 Å². The Bertz CT molecular complexity index is 1040. The van der Waals surface area contributed by atoms with Crippen molar-refractivity contribution in [1.29, 1.82) is 0 Å². The number of carbonyl (C=O) groups is 1. The van der Waals surface area contributed by atoms with Crippen LogP contribution >= 0.6 is 0 Å². The number of alkyl halides is 3. The molecule has 3 aromatic heterocycles. The molecule has 146 valence electrons. The third-order valence-corrected chi connectivity index (χ3v) is 4.61. The van der Waals surface area contributed by atoms with Gasteiger partial charge in [-0.15, -0.1) is 10.2 Å². The van der Waals surface area contributed by atoms with E-state index in [0.29, 0.717) is 35.5 Å². The van der Waals surface area contributed by atoms with Crippen molar-refractivity contribution in [3.05, 3.63) is 42.0 Å². The van der Waals surface area contributed by atoms with Gasteiger partial charge in [-0.05, 0) is 32.3 Å². The summed E-state index contributed by atoms with van der Waals surface area (Å²) < 4.78 is 41.3. The molecular weight excluding hydrogens is 377 g/mol. The van der Waals surface area contributed by atoms with Crippen LogP contribution in [-0.4, -0.2) is 46.8 Å². The van der Waals surface area contributed by atoms with Crippen LogP contribution in [0.3, 0.4) is 0 Å². The Hall–Kier alpha value is -3.31. The van der Waals surface area contributed by atoms with Gasteiger partial charge in [-0.3, -0.25) is 4.57 Å². The predicted molar refractivity (Wildman–Crippen MR) is 89.9 cm³/mol. The molecule has 3 aromatic rings. The van der Waals surface area contributed by atoms with Gasteiger partial charge in [0, 0.05) is 18.6 Å². The number of rotatable bonds is 2. The summed E-state index contributed by atoms with van der Waals surface area (Å²) in [5.41, 5.74) is 2.08. The van der Waals surface area contributed by atoms with Gasteiger partial charge in [0.05, 0.1) is 11.4 Å². The zero-order valence-corrected chi connectivity index (χ0v) is 14.9. The maximum atomic E-state index is 13.4. The lowest BCUT2D eigenvalue weighted by Crippen LogP contribution is -2.38. The molecule has 1 N–H and O–H groups in total. The van der Waals surface area contributed by atoms with Crippen molar-refractivity contribution < 1.29 is 18.0 Å². The van der Waals surface area contributed by atoms with Crippen LogP contribution in [0.5, 0.6) is 0 Å². The number of fused-ring (bicyclic) bond motifs is 3. The summed E-state index contributed by atoms with van der Waals surface area (Å²) in [4.78, 5) is 24.9. The first-order valence-corrected chi connectivity index (χ1v) is 8.36. The fourth-order valence-corrected chi connectivity index (χ4v) is 2.74. The molecule has 0 fully saturated rings. The van der Waals surface area contributed by atoms with Gasteiger partial charge >= 0.3 is 12.2 Å². The van der Waals surface area contributed by atoms with E-state index in [1.54, 1.807) is 0 Å². The molecule has 1 aliphatic carbocycles. The molecule has 0 spiro atoms. The molecule has 0 aromatic carbocycles. The zero-order chi connectivity index (χ0) is 20.1. The lowest BCUT2D eigenvalue weighted by atomic mass is 9.90. The van der Waals surface area contributed by atoms with E-state index >= 15 is 0 Å². The van der Waals surface area contributed by atoms with E-state index in [9.17, 15) is 18.0 Å². The van der Waals surface area contributed by atoms with Crippen molar-refractivity contribution >= 4 is 6.03 Å². The summed E-state index contributed by atoms with van der Waals surface area (Å²) in [5.74, 6) is -0.344. The number of halogens is 3. The second-order valence-electron chi connectivity index (χ2n) is 6.86. The number of aromatic nitrogens is 7. The molecule has 0 bridgehead atoms. The highest BCUT2D eigenvalue weighted by molar-refractivity contribution is 5.83. The van der Waals surface area contributed by atoms with Gasteiger partial charge in [-0.1, -0.05) is 4.91 Å². The van der Waals surface area contributed by atoms with Crippen molar-refractivity contribution in [2.45, 2.75) is 38.3 Å². The van der Waals surface area contributed by atoms with E-state index in [1.165, 1.54) is 29.5 Å². The van der Waals surface area contributed by atoms with Gasteiger partial charge in [0.1, 0.15) is 23.3 Å². The van der Waals surface area contributed by atoms with Crippen LogP contribution in [0, 0.1) is 0 Å². The predicted octanol–water partition coefficient (Wildman–Crippen LogP) is 2.08. The molecule has 1 amide bonds. The van der Waals surface area contributed by atoms with Gasteiger partial charge in [0.15, 0.2) is 0 Å². The SMILES string of the molecule is CC(C)(c1ncc2c(n1)-c1nn(NC(=O)n3ccnc3)nc1CC2)C(F)(F)F. The number of amides is 1. The Morgan fingerprint density at radius 2 is 1.96 bits per heavy atom. The third kappa shape index (κ3) is 2.90. The van der Waals surface area contributed by atoms with Gasteiger partial charge in [-0.2, -0.15) is 13.2 Å². The van der Waals surface area contributed by atoms with Gasteiger partial charge in [-0.25, -0.2) is 25.2 Å². The first kappa shape index (κ1) is 18.1. The molecule has 0 unspecified atom stereocenters. The lowest BCUT2D eigenvalue weighted by molar-refractivity contribution is -0.182. The highest BCUT2D eigenvalue weighted by Gasteiger charge is 2.51. The number of aryl methyl sites for hydroxylation is 2. The largest absolute Gasteiger partial charge is 0.400 e. The minimum absolute atomic E-state index is 0.298. The van der Waals surface area contributed by atoms with Crippen LogP contribution in [0.25, 0.3) is 11.4 Å². The van der Waals surface area contributed by atoms with Crippen molar-refractivity contribution in [1.82, 2.24) is 34.6 Å². The topological polar surface area (TPSA) is 103 Å². The Morgan fingerprint density at radius 3 is 2.64 bits per heavy atom. The van der Waals surface area contributed by atoms with Crippen molar-refractivity contribution in [3.8, 4) is 11.4 Å². The standard InChI is InChI=1S/C16H15F3N8O/c1-15(2,16(17,18)19)13-21-7-9-3-4-10-12(11(9)22-13)24-27(23-10)25-14(28)26-6-5-20-8-26/h5-8H,3-4H2,1-2H3,(H,25,28). The summed E-state index contributed by atoms with van der Waals surface area (Å²) in [6, 6.07) is -0.536. The molecule has 28 heavy (non-hydrogen) atoms. The summed E-state index contributed by atoms with van der Waals surface area (Å²) >= 11 is 0. The number of imidazole rings is 1. The van der Waals surface area contributed by atoms with E-state index < -0.39 is 17.6 Å². The van der Waals surface area contributed by atoms with E-state index in [0.717, 1.165) is 18.8 Å². The third-order valence-electron chi connectivity index (χ3n) is 4.61. The Labute approximate surface area is 156 Å². The van der Waals surface area contributed by atoms with E-state index in [-0.39, 0.29) is 5.82 Å². The first-order valence-electron chi connectivity index (χ1n) is 8.36. The number of hydrogen-bond donors (Lipinski definition) is 1. The molecule has 0 saturated carbocycles. The highest BCUT2D eigenvalue weighted by atomic mass is 19.4. The van der Waals surface area contributed by atoms with Crippen molar-refractivity contribution in [3.63, 3.8) is 0 Å². The maximum absolute atomic E-state index is 13.4. The lowest BCUT2D eigenvalue weighted by Gasteiger charge is -2.27.